The number of aromatic nitrogens is 1. The number of methoxy groups -OCH3 is 1. The second-order valence-corrected chi connectivity index (χ2v) is 4.94. The van der Waals surface area contributed by atoms with Gasteiger partial charge in [0.2, 0.25) is 5.78 Å². The summed E-state index contributed by atoms with van der Waals surface area (Å²) in [6.45, 7) is 0. The minimum absolute atomic E-state index is 0.0136. The van der Waals surface area contributed by atoms with Crippen molar-refractivity contribution in [2.24, 2.45) is 5.16 Å². The highest BCUT2D eigenvalue weighted by Gasteiger charge is 2.17. The molecule has 3 aromatic rings. The Kier molecular flexibility index (Phi) is 4.01. The van der Waals surface area contributed by atoms with Gasteiger partial charge in [-0.25, -0.2) is 0 Å². The second kappa shape index (κ2) is 6.27. The predicted octanol–water partition coefficient (Wildman–Crippen LogP) is 3.30. The molecule has 5 heteroatoms. The molecule has 0 aliphatic heterocycles. The largest absolute Gasteiger partial charge is 0.497 e. The Hall–Kier alpha value is -3.21. The van der Waals surface area contributed by atoms with Crippen molar-refractivity contribution >= 4 is 22.3 Å². The van der Waals surface area contributed by atoms with Gasteiger partial charge in [0, 0.05) is 23.5 Å². The van der Waals surface area contributed by atoms with Crippen LogP contribution in [0.5, 0.6) is 5.75 Å². The van der Waals surface area contributed by atoms with Crippen molar-refractivity contribution in [1.29, 1.82) is 0 Å². The van der Waals surface area contributed by atoms with Gasteiger partial charge < -0.3 is 9.94 Å². The van der Waals surface area contributed by atoms with Crippen LogP contribution in [-0.2, 0) is 0 Å². The number of Topliss-reactive ketones (excluding diaryl/α,β-unsaturated/α-hetero) is 1. The van der Waals surface area contributed by atoms with Crippen LogP contribution in [0.15, 0.2) is 66.1 Å². The third-order valence-electron chi connectivity index (χ3n) is 3.58. The van der Waals surface area contributed by atoms with E-state index in [0.29, 0.717) is 11.1 Å². The summed E-state index contributed by atoms with van der Waals surface area (Å²) in [5, 5.41) is 14.3. The van der Waals surface area contributed by atoms with Gasteiger partial charge >= 0.3 is 0 Å². The molecule has 2 aromatic carbocycles. The summed E-state index contributed by atoms with van der Waals surface area (Å²) in [5.74, 6) is 0.405. The molecule has 0 unspecified atom stereocenters. The number of carbonyl (C=O) groups excluding carboxylic acids is 1. The standard InChI is InChI=1S/C18H14N2O3/c1-23-16-5-4-13-10-15(3-2-14(13)11-16)18(21)17(20-22)12-6-8-19-9-7-12/h2-11,22H,1H3/b20-17+. The van der Waals surface area contributed by atoms with E-state index in [-0.39, 0.29) is 11.5 Å². The average Bonchev–Trinajstić information content (AvgIpc) is 2.62. The number of pyridine rings is 1. The fraction of sp³-hybridized carbons (Fsp3) is 0.0556. The highest BCUT2D eigenvalue weighted by Crippen LogP contribution is 2.22. The van der Waals surface area contributed by atoms with Gasteiger partial charge in [0.25, 0.3) is 0 Å². The molecule has 1 aromatic heterocycles. The van der Waals surface area contributed by atoms with E-state index in [9.17, 15) is 10.0 Å². The van der Waals surface area contributed by atoms with E-state index in [1.54, 1.807) is 43.8 Å². The molecule has 1 heterocycles. The van der Waals surface area contributed by atoms with Gasteiger partial charge in [0.05, 0.1) is 7.11 Å². The molecule has 0 saturated carbocycles. The van der Waals surface area contributed by atoms with E-state index in [0.717, 1.165) is 16.5 Å². The van der Waals surface area contributed by atoms with Crippen molar-refractivity contribution < 1.29 is 14.7 Å². The van der Waals surface area contributed by atoms with Crippen LogP contribution < -0.4 is 4.74 Å². The lowest BCUT2D eigenvalue weighted by Gasteiger charge is -2.06. The number of ketones is 1. The van der Waals surface area contributed by atoms with Crippen molar-refractivity contribution in [2.75, 3.05) is 7.11 Å². The maximum absolute atomic E-state index is 12.6. The lowest BCUT2D eigenvalue weighted by molar-refractivity contribution is 0.106. The van der Waals surface area contributed by atoms with Gasteiger partial charge in [-0.1, -0.05) is 23.4 Å². The first kappa shape index (κ1) is 14.7. The van der Waals surface area contributed by atoms with Crippen molar-refractivity contribution in [3.05, 3.63) is 72.1 Å². The Morgan fingerprint density at radius 1 is 1.00 bits per heavy atom. The number of carbonyl (C=O) groups is 1. The minimum Gasteiger partial charge on any atom is -0.497 e. The van der Waals surface area contributed by atoms with Gasteiger partial charge in [0.1, 0.15) is 5.75 Å². The first-order chi connectivity index (χ1) is 11.2. The number of nitrogens with zero attached hydrogens (tertiary/aromatic N) is 2. The second-order valence-electron chi connectivity index (χ2n) is 4.94. The van der Waals surface area contributed by atoms with Crippen LogP contribution in [0.1, 0.15) is 15.9 Å². The highest BCUT2D eigenvalue weighted by molar-refractivity contribution is 6.51. The van der Waals surface area contributed by atoms with Crippen molar-refractivity contribution in [3.8, 4) is 5.75 Å². The topological polar surface area (TPSA) is 71.8 Å². The van der Waals surface area contributed by atoms with Crippen LogP contribution in [0, 0.1) is 0 Å². The number of ether oxygens (including phenoxy) is 1. The quantitative estimate of drug-likeness (QED) is 0.347. The Bertz CT molecular complexity index is 889. The molecule has 23 heavy (non-hydrogen) atoms. The van der Waals surface area contributed by atoms with Gasteiger partial charge in [0.15, 0.2) is 5.71 Å². The third kappa shape index (κ3) is 2.89. The molecule has 0 bridgehead atoms. The molecule has 0 aliphatic carbocycles. The summed E-state index contributed by atoms with van der Waals surface area (Å²) in [6, 6.07) is 14.2. The lowest BCUT2D eigenvalue weighted by atomic mass is 9.99. The average molecular weight is 306 g/mol. The number of fused-ring (bicyclic) bond motifs is 1. The molecule has 3 rings (SSSR count). The van der Waals surface area contributed by atoms with Crippen LogP contribution in [0.2, 0.25) is 0 Å². The van der Waals surface area contributed by atoms with E-state index in [2.05, 4.69) is 10.1 Å². The van der Waals surface area contributed by atoms with Crippen molar-refractivity contribution in [2.45, 2.75) is 0 Å². The van der Waals surface area contributed by atoms with Crippen LogP contribution in [0.25, 0.3) is 10.8 Å². The molecular formula is C18H14N2O3. The first-order valence-corrected chi connectivity index (χ1v) is 6.98. The number of benzene rings is 2. The summed E-state index contributed by atoms with van der Waals surface area (Å²) in [4.78, 5) is 16.5. The number of oxime groups is 1. The predicted molar refractivity (Wildman–Crippen MR) is 87.4 cm³/mol. The molecular weight excluding hydrogens is 292 g/mol. The van der Waals surface area contributed by atoms with Gasteiger partial charge in [-0.2, -0.15) is 0 Å². The molecule has 114 valence electrons. The van der Waals surface area contributed by atoms with E-state index in [1.807, 2.05) is 24.3 Å². The number of hydrogen-bond acceptors (Lipinski definition) is 5. The fourth-order valence-electron chi connectivity index (χ4n) is 2.37. The molecule has 0 aliphatic rings. The SMILES string of the molecule is COc1ccc2cc(C(=O)/C(=N/O)c3ccncc3)ccc2c1. The zero-order chi connectivity index (χ0) is 16.2. The Morgan fingerprint density at radius 2 is 1.70 bits per heavy atom. The Morgan fingerprint density at radius 3 is 2.39 bits per heavy atom. The molecule has 5 nitrogen and oxygen atoms in total. The summed E-state index contributed by atoms with van der Waals surface area (Å²) in [6.07, 6.45) is 3.08. The zero-order valence-corrected chi connectivity index (χ0v) is 12.4. The smallest absolute Gasteiger partial charge is 0.215 e. The monoisotopic (exact) mass is 306 g/mol. The maximum Gasteiger partial charge on any atom is 0.215 e. The molecule has 0 radical (unpaired) electrons. The van der Waals surface area contributed by atoms with E-state index in [1.165, 1.54) is 0 Å². The Labute approximate surface area is 132 Å². The first-order valence-electron chi connectivity index (χ1n) is 6.98. The van der Waals surface area contributed by atoms with Crippen LogP contribution >= 0.6 is 0 Å². The van der Waals surface area contributed by atoms with E-state index in [4.69, 9.17) is 4.74 Å². The van der Waals surface area contributed by atoms with Crippen LogP contribution in [-0.4, -0.2) is 28.8 Å². The Balaban J connectivity index is 2.00. The molecule has 0 amide bonds. The van der Waals surface area contributed by atoms with Crippen LogP contribution in [0.4, 0.5) is 0 Å². The molecule has 0 saturated heterocycles. The molecule has 0 spiro atoms. The molecule has 1 N–H and O–H groups in total. The highest BCUT2D eigenvalue weighted by atomic mass is 16.5. The summed E-state index contributed by atoms with van der Waals surface area (Å²) in [7, 11) is 1.61. The summed E-state index contributed by atoms with van der Waals surface area (Å²) >= 11 is 0. The number of hydrogen-bond donors (Lipinski definition) is 1. The number of rotatable bonds is 4. The molecule has 0 atom stereocenters. The van der Waals surface area contributed by atoms with Gasteiger partial charge in [-0.15, -0.1) is 0 Å². The van der Waals surface area contributed by atoms with E-state index < -0.39 is 0 Å². The fourth-order valence-corrected chi connectivity index (χ4v) is 2.37. The molecule has 0 fully saturated rings. The van der Waals surface area contributed by atoms with Crippen LogP contribution in [0.3, 0.4) is 0 Å². The van der Waals surface area contributed by atoms with Crippen molar-refractivity contribution in [3.63, 3.8) is 0 Å². The van der Waals surface area contributed by atoms with Gasteiger partial charge in [-0.05, 0) is 41.1 Å². The normalized spacial score (nSPS) is 11.4. The maximum atomic E-state index is 12.6. The summed E-state index contributed by atoms with van der Waals surface area (Å²) in [5.41, 5.74) is 0.954. The van der Waals surface area contributed by atoms with Gasteiger partial charge in [-0.3, -0.25) is 9.78 Å². The third-order valence-corrected chi connectivity index (χ3v) is 3.58. The summed E-state index contributed by atoms with van der Waals surface area (Å²) < 4.78 is 5.19. The van der Waals surface area contributed by atoms with Crippen molar-refractivity contribution in [1.82, 2.24) is 4.98 Å². The zero-order valence-electron chi connectivity index (χ0n) is 12.4. The minimum atomic E-state index is -0.351. The lowest BCUT2D eigenvalue weighted by Crippen LogP contribution is -2.16. The van der Waals surface area contributed by atoms with E-state index >= 15 is 0 Å².